The summed E-state index contributed by atoms with van der Waals surface area (Å²) in [4.78, 5) is 40.1. The van der Waals surface area contributed by atoms with Crippen molar-refractivity contribution < 1.29 is 24.2 Å². The number of thiophene rings is 1. The second-order valence-electron chi connectivity index (χ2n) is 6.97. The number of ether oxygens (including phenoxy) is 1. The van der Waals surface area contributed by atoms with E-state index in [2.05, 4.69) is 0 Å². The number of aliphatic hydroxyl groups is 1. The summed E-state index contributed by atoms with van der Waals surface area (Å²) in [5, 5.41) is 13.0. The predicted molar refractivity (Wildman–Crippen MR) is 122 cm³/mol. The third-order valence-electron chi connectivity index (χ3n) is 5.04. The summed E-state index contributed by atoms with van der Waals surface area (Å²) in [5.41, 5.74) is 1.36. The number of carbonyl (C=O) groups excluding carboxylic acids is 3. The van der Waals surface area contributed by atoms with Crippen LogP contribution in [0.25, 0.3) is 0 Å². The van der Waals surface area contributed by atoms with Gasteiger partial charge in [-0.3, -0.25) is 14.5 Å². The van der Waals surface area contributed by atoms with E-state index in [4.69, 9.17) is 16.3 Å². The number of anilines is 1. The maximum atomic E-state index is 13.2. The second kappa shape index (κ2) is 8.98. The van der Waals surface area contributed by atoms with E-state index in [0.717, 1.165) is 0 Å². The first-order valence-corrected chi connectivity index (χ1v) is 11.1. The van der Waals surface area contributed by atoms with Crippen LogP contribution in [0.2, 0.25) is 5.02 Å². The zero-order valence-electron chi connectivity index (χ0n) is 16.9. The molecule has 1 aromatic heterocycles. The lowest BCUT2D eigenvalue weighted by molar-refractivity contribution is -0.117. The number of halogens is 1. The van der Waals surface area contributed by atoms with Crippen LogP contribution in [-0.4, -0.2) is 29.4 Å². The summed E-state index contributed by atoms with van der Waals surface area (Å²) >= 11 is 7.26. The van der Waals surface area contributed by atoms with Gasteiger partial charge in [0.2, 0.25) is 5.78 Å². The van der Waals surface area contributed by atoms with Gasteiger partial charge in [0.25, 0.3) is 5.91 Å². The quantitative estimate of drug-likeness (QED) is 0.389. The second-order valence-corrected chi connectivity index (χ2v) is 8.35. The number of amides is 1. The summed E-state index contributed by atoms with van der Waals surface area (Å²) in [5.74, 6) is -2.20. The average Bonchev–Trinajstić information content (AvgIpc) is 3.42. The molecule has 0 aliphatic carbocycles. The molecule has 2 aromatic carbocycles. The van der Waals surface area contributed by atoms with E-state index >= 15 is 0 Å². The molecule has 0 saturated heterocycles. The first kappa shape index (κ1) is 21.8. The minimum atomic E-state index is -0.859. The number of nitrogens with zero attached hydrogens (tertiary/aromatic N) is 1. The highest BCUT2D eigenvalue weighted by Crippen LogP contribution is 2.42. The molecule has 2 heterocycles. The number of benzene rings is 2. The predicted octanol–water partition coefficient (Wildman–Crippen LogP) is 5.36. The Morgan fingerprint density at radius 3 is 2.38 bits per heavy atom. The van der Waals surface area contributed by atoms with Gasteiger partial charge in [-0.25, -0.2) is 4.79 Å². The molecule has 8 heteroatoms. The molecular weight excluding hydrogens is 450 g/mol. The lowest BCUT2D eigenvalue weighted by atomic mass is 9.95. The third-order valence-corrected chi connectivity index (χ3v) is 6.16. The van der Waals surface area contributed by atoms with Crippen molar-refractivity contribution in [3.05, 3.63) is 98.4 Å². The molecule has 0 fully saturated rings. The number of carbonyl (C=O) groups is 3. The Morgan fingerprint density at radius 2 is 1.78 bits per heavy atom. The van der Waals surface area contributed by atoms with Gasteiger partial charge in [-0.2, -0.15) is 0 Å². The van der Waals surface area contributed by atoms with Gasteiger partial charge in [0.05, 0.1) is 28.7 Å². The van der Waals surface area contributed by atoms with E-state index in [9.17, 15) is 19.5 Å². The summed E-state index contributed by atoms with van der Waals surface area (Å²) in [7, 11) is 0. The maximum Gasteiger partial charge on any atom is 0.338 e. The zero-order valence-corrected chi connectivity index (χ0v) is 18.5. The standard InChI is InChI=1S/C24H18ClNO5S/c1-2-31-24(30)15-7-11-17(12-8-15)26-20(14-5-9-16(25)10-6-14)19(22(28)23(26)29)21(27)18-4-3-13-32-18/h3-13,20,28H,2H2,1H3. The topological polar surface area (TPSA) is 83.9 Å². The zero-order chi connectivity index (χ0) is 22.8. The average molecular weight is 468 g/mol. The molecule has 1 unspecified atom stereocenters. The van der Waals surface area contributed by atoms with Crippen LogP contribution in [0.5, 0.6) is 0 Å². The van der Waals surface area contributed by atoms with Crippen molar-refractivity contribution in [1.82, 2.24) is 0 Å². The van der Waals surface area contributed by atoms with Crippen molar-refractivity contribution in [3.8, 4) is 0 Å². The van der Waals surface area contributed by atoms with Crippen molar-refractivity contribution in [1.29, 1.82) is 0 Å². The SMILES string of the molecule is CCOC(=O)c1ccc(N2C(=O)C(O)=C(C(=O)c3cccs3)C2c2ccc(Cl)cc2)cc1. The molecule has 162 valence electrons. The monoisotopic (exact) mass is 467 g/mol. The van der Waals surface area contributed by atoms with Gasteiger partial charge in [0.1, 0.15) is 0 Å². The Balaban J connectivity index is 1.79. The fourth-order valence-corrected chi connectivity index (χ4v) is 4.38. The molecule has 1 amide bonds. The van der Waals surface area contributed by atoms with Crippen LogP contribution in [0.1, 0.15) is 38.6 Å². The van der Waals surface area contributed by atoms with E-state index in [1.807, 2.05) is 0 Å². The molecule has 1 atom stereocenters. The first-order valence-electron chi connectivity index (χ1n) is 9.80. The number of aliphatic hydroxyl groups excluding tert-OH is 1. The molecule has 1 aliphatic rings. The number of hydrogen-bond donors (Lipinski definition) is 1. The van der Waals surface area contributed by atoms with Crippen molar-refractivity contribution >= 4 is 46.3 Å². The van der Waals surface area contributed by atoms with Crippen molar-refractivity contribution in [3.63, 3.8) is 0 Å². The molecule has 0 radical (unpaired) electrons. The van der Waals surface area contributed by atoms with E-state index < -0.39 is 29.5 Å². The molecular formula is C24H18ClNO5S. The highest BCUT2D eigenvalue weighted by atomic mass is 35.5. The molecule has 3 aromatic rings. The van der Waals surface area contributed by atoms with Gasteiger partial charge >= 0.3 is 5.97 Å². The largest absolute Gasteiger partial charge is 0.503 e. The number of ketones is 1. The van der Waals surface area contributed by atoms with Gasteiger partial charge in [-0.05, 0) is 60.3 Å². The highest BCUT2D eigenvalue weighted by Gasteiger charge is 2.44. The van der Waals surface area contributed by atoms with E-state index in [1.54, 1.807) is 60.8 Å². The van der Waals surface area contributed by atoms with E-state index in [1.165, 1.54) is 28.4 Å². The highest BCUT2D eigenvalue weighted by molar-refractivity contribution is 7.12. The van der Waals surface area contributed by atoms with Crippen molar-refractivity contribution in [2.24, 2.45) is 0 Å². The molecule has 1 N–H and O–H groups in total. The van der Waals surface area contributed by atoms with Crippen LogP contribution in [-0.2, 0) is 9.53 Å². The lowest BCUT2D eigenvalue weighted by Gasteiger charge is -2.27. The van der Waals surface area contributed by atoms with Crippen LogP contribution in [0.15, 0.2) is 77.4 Å². The third kappa shape index (κ3) is 3.92. The molecule has 6 nitrogen and oxygen atoms in total. The maximum absolute atomic E-state index is 13.2. The van der Waals surface area contributed by atoms with Crippen molar-refractivity contribution in [2.75, 3.05) is 11.5 Å². The Labute approximate surface area is 193 Å². The van der Waals surface area contributed by atoms with Gasteiger partial charge in [0.15, 0.2) is 5.76 Å². The van der Waals surface area contributed by atoms with Gasteiger partial charge in [-0.15, -0.1) is 11.3 Å². The molecule has 0 spiro atoms. The smallest absolute Gasteiger partial charge is 0.338 e. The normalized spacial score (nSPS) is 15.9. The minimum Gasteiger partial charge on any atom is -0.503 e. The van der Waals surface area contributed by atoms with Crippen LogP contribution in [0.4, 0.5) is 5.69 Å². The van der Waals surface area contributed by atoms with Gasteiger partial charge < -0.3 is 9.84 Å². The van der Waals surface area contributed by atoms with Crippen molar-refractivity contribution in [2.45, 2.75) is 13.0 Å². The molecule has 4 rings (SSSR count). The fraction of sp³-hybridized carbons (Fsp3) is 0.125. The number of Topliss-reactive ketones (excluding diaryl/α,β-unsaturated/α-hetero) is 1. The minimum absolute atomic E-state index is 0.00533. The van der Waals surface area contributed by atoms with Crippen LogP contribution >= 0.6 is 22.9 Å². The number of rotatable bonds is 6. The van der Waals surface area contributed by atoms with Crippen LogP contribution in [0.3, 0.4) is 0 Å². The van der Waals surface area contributed by atoms with E-state index in [-0.39, 0.29) is 12.2 Å². The fourth-order valence-electron chi connectivity index (χ4n) is 3.58. The number of hydrogen-bond acceptors (Lipinski definition) is 6. The summed E-state index contributed by atoms with van der Waals surface area (Å²) < 4.78 is 5.00. The number of esters is 1. The van der Waals surface area contributed by atoms with Crippen LogP contribution < -0.4 is 4.90 Å². The van der Waals surface area contributed by atoms with Crippen LogP contribution in [0, 0.1) is 0 Å². The Morgan fingerprint density at radius 1 is 1.09 bits per heavy atom. The lowest BCUT2D eigenvalue weighted by Crippen LogP contribution is -2.31. The van der Waals surface area contributed by atoms with Gasteiger partial charge in [0, 0.05) is 10.7 Å². The molecule has 0 saturated carbocycles. The Hall–Kier alpha value is -3.42. The van der Waals surface area contributed by atoms with E-state index in [0.29, 0.717) is 26.7 Å². The first-order chi connectivity index (χ1) is 15.4. The summed E-state index contributed by atoms with van der Waals surface area (Å²) in [6.45, 7) is 1.96. The molecule has 0 bridgehead atoms. The summed E-state index contributed by atoms with van der Waals surface area (Å²) in [6.07, 6.45) is 0. The Kier molecular flexibility index (Phi) is 6.12. The Bertz CT molecular complexity index is 1200. The summed E-state index contributed by atoms with van der Waals surface area (Å²) in [6, 6.07) is 15.5. The molecule has 1 aliphatic heterocycles. The van der Waals surface area contributed by atoms with Gasteiger partial charge in [-0.1, -0.05) is 29.8 Å². The molecule has 32 heavy (non-hydrogen) atoms.